The number of carbonyl (C=O) groups excluding carboxylic acids is 2. The number of imide groups is 1. The van der Waals surface area contributed by atoms with Crippen molar-refractivity contribution in [2.75, 3.05) is 0 Å². The monoisotopic (exact) mass is 272 g/mol. The molecule has 20 heavy (non-hydrogen) atoms. The van der Waals surface area contributed by atoms with Gasteiger partial charge < -0.3 is 5.41 Å². The maximum atomic E-state index is 11.6. The van der Waals surface area contributed by atoms with E-state index in [1.807, 2.05) is 6.08 Å². The van der Waals surface area contributed by atoms with Gasteiger partial charge in [0.25, 0.3) is 5.91 Å². The molecule has 1 fully saturated rings. The summed E-state index contributed by atoms with van der Waals surface area (Å²) in [5.74, 6) is -0.0740. The van der Waals surface area contributed by atoms with Crippen molar-refractivity contribution < 1.29 is 9.59 Å². The van der Waals surface area contributed by atoms with E-state index in [1.54, 1.807) is 0 Å². The van der Waals surface area contributed by atoms with E-state index in [0.29, 0.717) is 11.4 Å². The van der Waals surface area contributed by atoms with Gasteiger partial charge in [0.1, 0.15) is 7.28 Å². The predicted molar refractivity (Wildman–Crippen MR) is 81.5 cm³/mol. The van der Waals surface area contributed by atoms with Gasteiger partial charge in [-0.2, -0.15) is 0 Å². The second kappa shape index (κ2) is 7.22. The Hall–Kier alpha value is -1.65. The first-order valence-corrected chi connectivity index (χ1v) is 7.44. The second-order valence-electron chi connectivity index (χ2n) is 5.57. The SMILES string of the molecule is N=C1CC(=O)NC(=O)/C1=C/CBC1CC/C=C\CCC1. The number of amides is 2. The summed E-state index contributed by atoms with van der Waals surface area (Å²) in [6, 6.07) is 0. The Kier molecular flexibility index (Phi) is 5.33. The van der Waals surface area contributed by atoms with Gasteiger partial charge in [0.15, 0.2) is 0 Å². The molecule has 5 heteroatoms. The zero-order chi connectivity index (χ0) is 14.4. The van der Waals surface area contributed by atoms with Crippen LogP contribution in [0.15, 0.2) is 23.8 Å². The fourth-order valence-corrected chi connectivity index (χ4v) is 2.84. The number of hydrogen-bond donors (Lipinski definition) is 2. The highest BCUT2D eigenvalue weighted by Crippen LogP contribution is 2.24. The molecule has 0 radical (unpaired) electrons. The van der Waals surface area contributed by atoms with Gasteiger partial charge in [-0.1, -0.05) is 49.6 Å². The van der Waals surface area contributed by atoms with Crippen molar-refractivity contribution >= 4 is 24.8 Å². The predicted octanol–water partition coefficient (Wildman–Crippen LogP) is 2.14. The number of carbonyl (C=O) groups is 2. The van der Waals surface area contributed by atoms with Gasteiger partial charge in [0, 0.05) is 0 Å². The van der Waals surface area contributed by atoms with Gasteiger partial charge in [-0.3, -0.25) is 14.9 Å². The molecule has 2 rings (SSSR count). The first-order chi connectivity index (χ1) is 9.66. The zero-order valence-electron chi connectivity index (χ0n) is 11.8. The van der Waals surface area contributed by atoms with Gasteiger partial charge in [0.05, 0.1) is 17.7 Å². The number of allylic oxidation sites excluding steroid dienone is 3. The lowest BCUT2D eigenvalue weighted by Gasteiger charge is -2.17. The third-order valence-corrected chi connectivity index (χ3v) is 3.97. The van der Waals surface area contributed by atoms with Crippen molar-refractivity contribution in [3.63, 3.8) is 0 Å². The van der Waals surface area contributed by atoms with E-state index in [9.17, 15) is 9.59 Å². The molecule has 1 atom stereocenters. The summed E-state index contributed by atoms with van der Waals surface area (Å²) in [5.41, 5.74) is 0.537. The van der Waals surface area contributed by atoms with Crippen LogP contribution in [0, 0.1) is 5.41 Å². The summed E-state index contributed by atoms with van der Waals surface area (Å²) in [6.45, 7) is 0. The number of nitrogens with one attached hydrogen (secondary N) is 2. The summed E-state index contributed by atoms with van der Waals surface area (Å²) >= 11 is 0. The van der Waals surface area contributed by atoms with E-state index in [4.69, 9.17) is 5.41 Å². The molecule has 0 saturated carbocycles. The molecule has 2 aliphatic rings. The molecular formula is C15H21BN2O2. The lowest BCUT2D eigenvalue weighted by molar-refractivity contribution is -0.128. The van der Waals surface area contributed by atoms with E-state index < -0.39 is 5.91 Å². The van der Waals surface area contributed by atoms with Crippen molar-refractivity contribution in [2.45, 2.75) is 50.7 Å². The van der Waals surface area contributed by atoms with Crippen molar-refractivity contribution in [3.8, 4) is 0 Å². The summed E-state index contributed by atoms with van der Waals surface area (Å²) in [6.07, 6.45) is 13.2. The Balaban J connectivity index is 1.85. The molecule has 4 nitrogen and oxygen atoms in total. The van der Waals surface area contributed by atoms with Gasteiger partial charge in [0.2, 0.25) is 5.91 Å². The molecule has 106 valence electrons. The summed E-state index contributed by atoms with van der Waals surface area (Å²) < 4.78 is 0. The largest absolute Gasteiger partial charge is 0.304 e. The molecule has 1 unspecified atom stereocenters. The van der Waals surface area contributed by atoms with Crippen LogP contribution in [0.4, 0.5) is 0 Å². The highest BCUT2D eigenvalue weighted by molar-refractivity contribution is 6.39. The maximum absolute atomic E-state index is 11.6. The quantitative estimate of drug-likeness (QED) is 0.357. The molecule has 1 aliphatic carbocycles. The van der Waals surface area contributed by atoms with Crippen LogP contribution in [0.3, 0.4) is 0 Å². The third kappa shape index (κ3) is 4.18. The van der Waals surface area contributed by atoms with Gasteiger partial charge >= 0.3 is 0 Å². The molecule has 0 bridgehead atoms. The van der Waals surface area contributed by atoms with Crippen LogP contribution in [-0.4, -0.2) is 24.8 Å². The maximum Gasteiger partial charge on any atom is 0.259 e. The first-order valence-electron chi connectivity index (χ1n) is 7.44. The van der Waals surface area contributed by atoms with Gasteiger partial charge in [-0.25, -0.2) is 0 Å². The standard InChI is InChI=1S/C15H21BN2O2/c17-13-10-14(19)18-15(20)12(13)8-9-16-11-6-4-2-1-3-5-7-11/h1-2,8,11,16-17H,3-7,9-10H2,(H,18,19,20)/b2-1-,12-8+,17-13?. The third-order valence-electron chi connectivity index (χ3n) is 3.97. The van der Waals surface area contributed by atoms with E-state index in [-0.39, 0.29) is 18.0 Å². The van der Waals surface area contributed by atoms with Crippen molar-refractivity contribution in [1.29, 1.82) is 5.41 Å². The van der Waals surface area contributed by atoms with Crippen LogP contribution in [0.2, 0.25) is 12.1 Å². The number of rotatable bonds is 3. The van der Waals surface area contributed by atoms with Crippen molar-refractivity contribution in [1.82, 2.24) is 5.32 Å². The molecule has 2 N–H and O–H groups in total. The molecule has 1 saturated heterocycles. The fourth-order valence-electron chi connectivity index (χ4n) is 2.84. The molecule has 0 spiro atoms. The Labute approximate surface area is 120 Å². The minimum Gasteiger partial charge on any atom is -0.304 e. The zero-order valence-corrected chi connectivity index (χ0v) is 11.8. The summed E-state index contributed by atoms with van der Waals surface area (Å²) in [7, 11) is 1.06. The van der Waals surface area contributed by atoms with Crippen molar-refractivity contribution in [3.05, 3.63) is 23.8 Å². The van der Waals surface area contributed by atoms with Crippen LogP contribution in [0.25, 0.3) is 0 Å². The Bertz CT molecular complexity index is 446. The second-order valence-corrected chi connectivity index (χ2v) is 5.57. The minimum atomic E-state index is -0.410. The van der Waals surface area contributed by atoms with Crippen LogP contribution >= 0.6 is 0 Å². The van der Waals surface area contributed by atoms with E-state index in [0.717, 1.165) is 20.0 Å². The number of hydrogen-bond acceptors (Lipinski definition) is 3. The lowest BCUT2D eigenvalue weighted by atomic mass is 9.58. The Morgan fingerprint density at radius 3 is 2.90 bits per heavy atom. The summed E-state index contributed by atoms with van der Waals surface area (Å²) in [5, 5.41) is 10.0. The fraction of sp³-hybridized carbons (Fsp3) is 0.533. The first kappa shape index (κ1) is 14.8. The highest BCUT2D eigenvalue weighted by Gasteiger charge is 2.25. The molecule has 0 aromatic heterocycles. The average Bonchev–Trinajstić information content (AvgIpc) is 2.34. The average molecular weight is 272 g/mol. The van der Waals surface area contributed by atoms with E-state index in [2.05, 4.69) is 17.5 Å². The van der Waals surface area contributed by atoms with Crippen LogP contribution in [0.1, 0.15) is 38.5 Å². The van der Waals surface area contributed by atoms with Gasteiger partial charge in [-0.05, 0) is 12.8 Å². The molecule has 0 aromatic rings. The molecule has 1 aliphatic heterocycles. The molecule has 1 heterocycles. The Morgan fingerprint density at radius 2 is 2.10 bits per heavy atom. The normalized spacial score (nSPS) is 27.7. The Morgan fingerprint density at radius 1 is 1.30 bits per heavy atom. The van der Waals surface area contributed by atoms with Gasteiger partial charge in [-0.15, -0.1) is 0 Å². The smallest absolute Gasteiger partial charge is 0.259 e. The molecule has 2 amide bonds. The van der Waals surface area contributed by atoms with E-state index >= 15 is 0 Å². The topological polar surface area (TPSA) is 70.0 Å². The van der Waals surface area contributed by atoms with E-state index in [1.165, 1.54) is 25.7 Å². The molecular weight excluding hydrogens is 251 g/mol. The number of piperidine rings is 1. The van der Waals surface area contributed by atoms with Crippen molar-refractivity contribution in [2.24, 2.45) is 0 Å². The lowest BCUT2D eigenvalue weighted by Crippen LogP contribution is -2.40. The van der Waals surface area contributed by atoms with Crippen LogP contribution in [0.5, 0.6) is 0 Å². The van der Waals surface area contributed by atoms with Crippen LogP contribution < -0.4 is 5.32 Å². The summed E-state index contributed by atoms with van der Waals surface area (Å²) in [4.78, 5) is 22.8. The van der Waals surface area contributed by atoms with Crippen LogP contribution in [-0.2, 0) is 9.59 Å². The highest BCUT2D eigenvalue weighted by atomic mass is 16.2. The minimum absolute atomic E-state index is 0.0196. The molecule has 0 aromatic carbocycles.